The summed E-state index contributed by atoms with van der Waals surface area (Å²) in [6.45, 7) is -0.0581. The molecule has 1 aliphatic heterocycles. The molecule has 0 spiro atoms. The van der Waals surface area contributed by atoms with Crippen molar-refractivity contribution in [2.24, 2.45) is 0 Å². The molecule has 1 saturated heterocycles. The molecule has 52 valence electrons. The second-order valence-electron chi connectivity index (χ2n) is 1.79. The molecule has 1 heterocycles. The fourth-order valence-corrected chi connectivity index (χ4v) is 0.684. The Morgan fingerprint density at radius 2 is 2.67 bits per heavy atom. The summed E-state index contributed by atoms with van der Waals surface area (Å²) in [4.78, 5) is 10.7. The standard InChI is InChI=1S/C5H9FN2O/c6-3-4-5(9)8-2-1-7-4/h4,7H,1-3H2,(H,8,9)/t4-/m1/s1/i4D. The van der Waals surface area contributed by atoms with E-state index in [4.69, 9.17) is 1.37 Å². The van der Waals surface area contributed by atoms with Gasteiger partial charge < -0.3 is 10.6 Å². The van der Waals surface area contributed by atoms with Gasteiger partial charge in [0.05, 0.1) is 1.37 Å². The fourth-order valence-electron chi connectivity index (χ4n) is 0.684. The number of carbonyl (C=O) groups is 1. The summed E-state index contributed by atoms with van der Waals surface area (Å²) < 4.78 is 19.2. The minimum absolute atomic E-state index is 0.458. The van der Waals surface area contributed by atoms with Gasteiger partial charge in [0, 0.05) is 13.1 Å². The second-order valence-corrected chi connectivity index (χ2v) is 1.79. The maximum absolute atomic E-state index is 12.0. The van der Waals surface area contributed by atoms with E-state index in [9.17, 15) is 9.18 Å². The number of carbonyl (C=O) groups excluding carboxylic acids is 1. The second kappa shape index (κ2) is 2.77. The predicted molar refractivity (Wildman–Crippen MR) is 30.8 cm³/mol. The van der Waals surface area contributed by atoms with Gasteiger partial charge in [-0.1, -0.05) is 0 Å². The number of alkyl halides is 1. The van der Waals surface area contributed by atoms with E-state index in [0.717, 1.165) is 0 Å². The predicted octanol–water partition coefficient (Wildman–Crippen LogP) is -0.956. The molecule has 0 saturated carbocycles. The molecule has 4 heteroatoms. The Labute approximate surface area is 54.0 Å². The number of rotatable bonds is 1. The first-order valence-corrected chi connectivity index (χ1v) is 2.78. The van der Waals surface area contributed by atoms with E-state index < -0.39 is 18.6 Å². The summed E-state index contributed by atoms with van der Waals surface area (Å²) in [5.41, 5.74) is 0. The molecule has 0 unspecified atom stereocenters. The first kappa shape index (κ1) is 5.17. The maximum atomic E-state index is 12.0. The third-order valence-electron chi connectivity index (χ3n) is 1.16. The summed E-state index contributed by atoms with van der Waals surface area (Å²) in [6, 6.07) is -1.74. The third kappa shape index (κ3) is 1.38. The van der Waals surface area contributed by atoms with E-state index in [-0.39, 0.29) is 0 Å². The molecule has 0 aromatic heterocycles. The third-order valence-corrected chi connectivity index (χ3v) is 1.16. The van der Waals surface area contributed by atoms with Crippen LogP contribution >= 0.6 is 0 Å². The van der Waals surface area contributed by atoms with E-state index in [1.165, 1.54) is 0 Å². The van der Waals surface area contributed by atoms with E-state index >= 15 is 0 Å². The summed E-state index contributed by atoms with van der Waals surface area (Å²) >= 11 is 0. The number of nitrogens with one attached hydrogen (secondary N) is 2. The van der Waals surface area contributed by atoms with Crippen molar-refractivity contribution < 1.29 is 10.6 Å². The lowest BCUT2D eigenvalue weighted by atomic mass is 10.2. The van der Waals surface area contributed by atoms with Crippen molar-refractivity contribution in [1.82, 2.24) is 10.6 Å². The summed E-state index contributed by atoms with van der Waals surface area (Å²) in [6.07, 6.45) is 0. The monoisotopic (exact) mass is 133 g/mol. The smallest absolute Gasteiger partial charge is 0.239 e. The van der Waals surface area contributed by atoms with Crippen LogP contribution in [0.15, 0.2) is 0 Å². The lowest BCUT2D eigenvalue weighted by molar-refractivity contribution is -0.124. The van der Waals surface area contributed by atoms with Crippen molar-refractivity contribution in [3.63, 3.8) is 0 Å². The highest BCUT2D eigenvalue weighted by Gasteiger charge is 2.19. The molecule has 0 aromatic carbocycles. The van der Waals surface area contributed by atoms with E-state index in [0.29, 0.717) is 13.1 Å². The molecular formula is C5H9FN2O. The van der Waals surface area contributed by atoms with Crippen LogP contribution in [-0.2, 0) is 4.79 Å². The van der Waals surface area contributed by atoms with Gasteiger partial charge in [-0.3, -0.25) is 4.79 Å². The van der Waals surface area contributed by atoms with Gasteiger partial charge in [0.15, 0.2) is 0 Å². The van der Waals surface area contributed by atoms with Crippen molar-refractivity contribution in [2.75, 3.05) is 19.8 Å². The van der Waals surface area contributed by atoms with Crippen LogP contribution in [0.2, 0.25) is 0 Å². The molecule has 0 bridgehead atoms. The van der Waals surface area contributed by atoms with Crippen LogP contribution in [0, 0.1) is 0 Å². The Hall–Kier alpha value is -0.640. The highest BCUT2D eigenvalue weighted by Crippen LogP contribution is 1.88. The van der Waals surface area contributed by atoms with Gasteiger partial charge in [-0.2, -0.15) is 0 Å². The number of piperazine rings is 1. The molecule has 9 heavy (non-hydrogen) atoms. The summed E-state index contributed by atoms with van der Waals surface area (Å²) in [5.74, 6) is -0.582. The lowest BCUT2D eigenvalue weighted by Gasteiger charge is -2.20. The van der Waals surface area contributed by atoms with Crippen molar-refractivity contribution in [1.29, 1.82) is 0 Å². The number of amides is 1. The van der Waals surface area contributed by atoms with Gasteiger partial charge in [-0.25, -0.2) is 4.39 Å². The minimum Gasteiger partial charge on any atom is -0.353 e. The van der Waals surface area contributed by atoms with Crippen LogP contribution < -0.4 is 10.6 Å². The minimum atomic E-state index is -1.74. The topological polar surface area (TPSA) is 41.1 Å². The van der Waals surface area contributed by atoms with Gasteiger partial charge in [0.1, 0.15) is 12.7 Å². The number of halogens is 1. The van der Waals surface area contributed by atoms with Crippen LogP contribution in [0.5, 0.6) is 0 Å². The average molecular weight is 133 g/mol. The van der Waals surface area contributed by atoms with Crippen LogP contribution in [0.4, 0.5) is 4.39 Å². The normalized spacial score (nSPS) is 37.4. The van der Waals surface area contributed by atoms with Gasteiger partial charge in [-0.15, -0.1) is 0 Å². The first-order chi connectivity index (χ1) is 4.69. The highest BCUT2D eigenvalue weighted by molar-refractivity contribution is 5.82. The van der Waals surface area contributed by atoms with Crippen molar-refractivity contribution in [3.8, 4) is 0 Å². The quantitative estimate of drug-likeness (QED) is 0.484. The van der Waals surface area contributed by atoms with Crippen molar-refractivity contribution in [2.45, 2.75) is 6.02 Å². The van der Waals surface area contributed by atoms with Crippen molar-refractivity contribution in [3.05, 3.63) is 0 Å². The van der Waals surface area contributed by atoms with Crippen LogP contribution in [0.3, 0.4) is 0 Å². The molecule has 2 N–H and O–H groups in total. The SMILES string of the molecule is [2H][C@]1(CF)NCCNC1=O. The number of hydrogen-bond acceptors (Lipinski definition) is 2. The Morgan fingerprint density at radius 1 is 1.89 bits per heavy atom. The summed E-state index contributed by atoms with van der Waals surface area (Å²) in [7, 11) is 0. The molecule has 1 rings (SSSR count). The summed E-state index contributed by atoms with van der Waals surface area (Å²) in [5, 5.41) is 4.87. The molecule has 1 fully saturated rings. The Balaban J connectivity index is 2.63. The van der Waals surface area contributed by atoms with Crippen LogP contribution in [0.25, 0.3) is 0 Å². The van der Waals surface area contributed by atoms with E-state index in [2.05, 4.69) is 10.6 Å². The average Bonchev–Trinajstić information content (AvgIpc) is 1.96. The fraction of sp³-hybridized carbons (Fsp3) is 0.800. The zero-order chi connectivity index (χ0) is 7.61. The first-order valence-electron chi connectivity index (χ1n) is 3.28. The van der Waals surface area contributed by atoms with Gasteiger partial charge in [0.2, 0.25) is 5.91 Å². The maximum Gasteiger partial charge on any atom is 0.239 e. The van der Waals surface area contributed by atoms with E-state index in [1.54, 1.807) is 0 Å². The van der Waals surface area contributed by atoms with Gasteiger partial charge in [0.25, 0.3) is 0 Å². The number of hydrogen-bond donors (Lipinski definition) is 2. The molecule has 1 amide bonds. The van der Waals surface area contributed by atoms with E-state index in [1.807, 2.05) is 0 Å². The molecule has 1 aliphatic rings. The van der Waals surface area contributed by atoms with Crippen LogP contribution in [-0.4, -0.2) is 31.7 Å². The molecule has 1 atom stereocenters. The van der Waals surface area contributed by atoms with Gasteiger partial charge >= 0.3 is 0 Å². The largest absolute Gasteiger partial charge is 0.353 e. The molecule has 0 aliphatic carbocycles. The molecule has 0 aromatic rings. The zero-order valence-corrected chi connectivity index (χ0v) is 4.91. The Morgan fingerprint density at radius 3 is 3.11 bits per heavy atom. The van der Waals surface area contributed by atoms with Crippen LogP contribution in [0.1, 0.15) is 1.37 Å². The molecule has 0 radical (unpaired) electrons. The lowest BCUT2D eigenvalue weighted by Crippen LogP contribution is -2.53. The molecular weight excluding hydrogens is 123 g/mol. The highest BCUT2D eigenvalue weighted by atomic mass is 19.1. The zero-order valence-electron chi connectivity index (χ0n) is 5.91. The van der Waals surface area contributed by atoms with Crippen molar-refractivity contribution >= 4 is 5.91 Å². The Kier molecular flexibility index (Phi) is 1.59. The molecule has 3 nitrogen and oxygen atoms in total. The Bertz CT molecular complexity index is 155. The van der Waals surface area contributed by atoms with Gasteiger partial charge in [-0.05, 0) is 0 Å².